The molecule has 0 aliphatic heterocycles. The molecule has 0 radical (unpaired) electrons. The van der Waals surface area contributed by atoms with E-state index in [1.807, 2.05) is 19.9 Å². The van der Waals surface area contributed by atoms with E-state index < -0.39 is 0 Å². The molecule has 0 aliphatic rings. The van der Waals surface area contributed by atoms with Crippen molar-refractivity contribution in [1.82, 2.24) is 0 Å². The minimum atomic E-state index is 0. The van der Waals surface area contributed by atoms with Gasteiger partial charge < -0.3 is 11.5 Å². The van der Waals surface area contributed by atoms with Gasteiger partial charge in [0.2, 0.25) is 0 Å². The molecule has 0 fully saturated rings. The lowest BCUT2D eigenvalue weighted by atomic mass is 10.3. The van der Waals surface area contributed by atoms with Crippen molar-refractivity contribution in [2.24, 2.45) is 16.5 Å². The molecule has 0 aliphatic carbocycles. The number of nitrogens with zero attached hydrogens (tertiary/aromatic N) is 1. The SMILES string of the molecule is CC(C)=CCN=C(N)N.Cl. The maximum atomic E-state index is 5.08. The van der Waals surface area contributed by atoms with Gasteiger partial charge in [0.15, 0.2) is 5.96 Å². The lowest BCUT2D eigenvalue weighted by Gasteiger charge is -1.88. The van der Waals surface area contributed by atoms with Crippen LogP contribution in [0.15, 0.2) is 16.6 Å². The quantitative estimate of drug-likeness (QED) is 0.357. The van der Waals surface area contributed by atoms with E-state index in [0.29, 0.717) is 6.54 Å². The Morgan fingerprint density at radius 2 is 1.90 bits per heavy atom. The third-order valence-electron chi connectivity index (χ3n) is 0.773. The summed E-state index contributed by atoms with van der Waals surface area (Å²) < 4.78 is 0. The highest BCUT2D eigenvalue weighted by atomic mass is 35.5. The molecule has 0 atom stereocenters. The van der Waals surface area contributed by atoms with Crippen molar-refractivity contribution in [3.63, 3.8) is 0 Å². The van der Waals surface area contributed by atoms with E-state index in [-0.39, 0.29) is 18.4 Å². The smallest absolute Gasteiger partial charge is 0.186 e. The Hall–Kier alpha value is -0.700. The van der Waals surface area contributed by atoms with Gasteiger partial charge in [0.25, 0.3) is 0 Å². The van der Waals surface area contributed by atoms with Crippen LogP contribution in [0, 0.1) is 0 Å². The molecule has 0 aromatic rings. The number of hydrogen-bond acceptors (Lipinski definition) is 1. The standard InChI is InChI=1S/C6H13N3.ClH/c1-5(2)3-4-9-6(7)8;/h3H,4H2,1-2H3,(H4,7,8,9);1H. The van der Waals surface area contributed by atoms with Crippen LogP contribution in [0.5, 0.6) is 0 Å². The van der Waals surface area contributed by atoms with Crippen molar-refractivity contribution in [3.8, 4) is 0 Å². The van der Waals surface area contributed by atoms with Gasteiger partial charge in [-0.05, 0) is 13.8 Å². The van der Waals surface area contributed by atoms with E-state index in [1.165, 1.54) is 5.57 Å². The first-order valence-corrected chi connectivity index (χ1v) is 2.81. The Morgan fingerprint density at radius 3 is 2.20 bits per heavy atom. The molecule has 0 saturated heterocycles. The molecule has 0 aromatic carbocycles. The average molecular weight is 164 g/mol. The monoisotopic (exact) mass is 163 g/mol. The van der Waals surface area contributed by atoms with E-state index in [0.717, 1.165) is 0 Å². The van der Waals surface area contributed by atoms with Crippen molar-refractivity contribution in [2.45, 2.75) is 13.8 Å². The van der Waals surface area contributed by atoms with Crippen molar-refractivity contribution < 1.29 is 0 Å². The van der Waals surface area contributed by atoms with E-state index in [2.05, 4.69) is 4.99 Å². The maximum absolute atomic E-state index is 5.08. The van der Waals surface area contributed by atoms with Gasteiger partial charge in [-0.25, -0.2) is 4.99 Å². The second-order valence-corrected chi connectivity index (χ2v) is 2.05. The van der Waals surface area contributed by atoms with Gasteiger partial charge in [0, 0.05) is 0 Å². The van der Waals surface area contributed by atoms with Gasteiger partial charge in [0.05, 0.1) is 6.54 Å². The van der Waals surface area contributed by atoms with Crippen molar-refractivity contribution in [3.05, 3.63) is 11.6 Å². The van der Waals surface area contributed by atoms with Crippen LogP contribution in [0.25, 0.3) is 0 Å². The van der Waals surface area contributed by atoms with E-state index in [1.54, 1.807) is 0 Å². The number of aliphatic imine (C=N–C) groups is 1. The molecule has 0 amide bonds. The molecule has 3 nitrogen and oxygen atoms in total. The van der Waals surface area contributed by atoms with Crippen LogP contribution in [-0.2, 0) is 0 Å². The number of allylic oxidation sites excluding steroid dienone is 1. The Balaban J connectivity index is 0. The summed E-state index contributed by atoms with van der Waals surface area (Å²) in [7, 11) is 0. The zero-order chi connectivity index (χ0) is 7.28. The van der Waals surface area contributed by atoms with Gasteiger partial charge in [-0.3, -0.25) is 0 Å². The Kier molecular flexibility index (Phi) is 7.72. The van der Waals surface area contributed by atoms with E-state index in [4.69, 9.17) is 11.5 Å². The summed E-state index contributed by atoms with van der Waals surface area (Å²) in [5.74, 6) is 0.146. The van der Waals surface area contributed by atoms with Crippen LogP contribution in [0.2, 0.25) is 0 Å². The Labute approximate surface area is 67.6 Å². The first-order valence-electron chi connectivity index (χ1n) is 2.81. The molecule has 0 saturated carbocycles. The summed E-state index contributed by atoms with van der Waals surface area (Å²) in [6.07, 6.45) is 1.96. The first kappa shape index (κ1) is 12.0. The minimum Gasteiger partial charge on any atom is -0.370 e. The molecule has 0 spiro atoms. The fourth-order valence-electron chi connectivity index (χ4n) is 0.334. The largest absolute Gasteiger partial charge is 0.370 e. The predicted molar refractivity (Wildman–Crippen MR) is 47.4 cm³/mol. The van der Waals surface area contributed by atoms with Gasteiger partial charge in [-0.15, -0.1) is 12.4 Å². The first-order chi connectivity index (χ1) is 4.13. The lowest BCUT2D eigenvalue weighted by Crippen LogP contribution is -2.22. The van der Waals surface area contributed by atoms with E-state index in [9.17, 15) is 0 Å². The molecule has 0 heterocycles. The van der Waals surface area contributed by atoms with Crippen molar-refractivity contribution in [2.75, 3.05) is 6.54 Å². The minimum absolute atomic E-state index is 0. The zero-order valence-electron chi connectivity index (χ0n) is 6.29. The van der Waals surface area contributed by atoms with Crippen LogP contribution in [0.1, 0.15) is 13.8 Å². The highest BCUT2D eigenvalue weighted by Gasteiger charge is 1.76. The summed E-state index contributed by atoms with van der Waals surface area (Å²) in [4.78, 5) is 3.76. The van der Waals surface area contributed by atoms with Crippen molar-refractivity contribution in [1.29, 1.82) is 0 Å². The van der Waals surface area contributed by atoms with Gasteiger partial charge >= 0.3 is 0 Å². The second-order valence-electron chi connectivity index (χ2n) is 2.05. The van der Waals surface area contributed by atoms with Crippen LogP contribution >= 0.6 is 12.4 Å². The topological polar surface area (TPSA) is 64.4 Å². The second kappa shape index (κ2) is 6.42. The molecule has 10 heavy (non-hydrogen) atoms. The fourth-order valence-corrected chi connectivity index (χ4v) is 0.334. The fraction of sp³-hybridized carbons (Fsp3) is 0.500. The Morgan fingerprint density at radius 1 is 1.40 bits per heavy atom. The molecule has 60 valence electrons. The van der Waals surface area contributed by atoms with Gasteiger partial charge in [0.1, 0.15) is 0 Å². The van der Waals surface area contributed by atoms with Crippen LogP contribution in [0.3, 0.4) is 0 Å². The summed E-state index contributed by atoms with van der Waals surface area (Å²) in [5, 5.41) is 0. The summed E-state index contributed by atoms with van der Waals surface area (Å²) in [6.45, 7) is 4.59. The predicted octanol–water partition coefficient (Wildman–Crippen LogP) is 0.648. The van der Waals surface area contributed by atoms with Crippen LogP contribution < -0.4 is 11.5 Å². The molecular weight excluding hydrogens is 150 g/mol. The normalized spacial score (nSPS) is 7.40. The van der Waals surface area contributed by atoms with Crippen LogP contribution in [-0.4, -0.2) is 12.5 Å². The number of nitrogens with two attached hydrogens (primary N) is 2. The molecular formula is C6H14ClN3. The molecule has 0 rings (SSSR count). The number of rotatable bonds is 2. The van der Waals surface area contributed by atoms with E-state index >= 15 is 0 Å². The van der Waals surface area contributed by atoms with Crippen molar-refractivity contribution >= 4 is 18.4 Å². The number of halogens is 1. The molecule has 4 heteroatoms. The lowest BCUT2D eigenvalue weighted by molar-refractivity contribution is 1.18. The van der Waals surface area contributed by atoms with Gasteiger partial charge in [-0.1, -0.05) is 11.6 Å². The van der Waals surface area contributed by atoms with Crippen LogP contribution in [0.4, 0.5) is 0 Å². The third kappa shape index (κ3) is 10.3. The van der Waals surface area contributed by atoms with Gasteiger partial charge in [-0.2, -0.15) is 0 Å². The molecule has 0 unspecified atom stereocenters. The maximum Gasteiger partial charge on any atom is 0.186 e. The highest BCUT2D eigenvalue weighted by molar-refractivity contribution is 5.85. The summed E-state index contributed by atoms with van der Waals surface area (Å²) in [5.41, 5.74) is 11.4. The zero-order valence-corrected chi connectivity index (χ0v) is 7.11. The summed E-state index contributed by atoms with van der Waals surface area (Å²) >= 11 is 0. The molecule has 4 N–H and O–H groups in total. The third-order valence-corrected chi connectivity index (χ3v) is 0.773. The number of guanidine groups is 1. The molecule has 0 bridgehead atoms. The Bertz CT molecular complexity index is 116. The highest BCUT2D eigenvalue weighted by Crippen LogP contribution is 1.86. The molecule has 0 aromatic heterocycles. The average Bonchev–Trinajstić information content (AvgIpc) is 1.63. The summed E-state index contributed by atoms with van der Waals surface area (Å²) in [6, 6.07) is 0. The number of hydrogen-bond donors (Lipinski definition) is 2.